The zero-order valence-electron chi connectivity index (χ0n) is 8.46. The number of nitrogens with zero attached hydrogens (tertiary/aromatic N) is 2. The molecule has 0 radical (unpaired) electrons. The lowest BCUT2D eigenvalue weighted by atomic mass is 10.3. The van der Waals surface area contributed by atoms with E-state index in [0.29, 0.717) is 11.6 Å². The molecule has 0 fully saturated rings. The van der Waals surface area contributed by atoms with E-state index in [4.69, 9.17) is 25.9 Å². The molecule has 2 rings (SSSR count). The second kappa shape index (κ2) is 4.84. The minimum Gasteiger partial charge on any atom is -0.479 e. The highest BCUT2D eigenvalue weighted by atomic mass is 35.5. The van der Waals surface area contributed by atoms with E-state index in [1.165, 1.54) is 18.5 Å². The van der Waals surface area contributed by atoms with Crippen LogP contribution in [-0.4, -0.2) is 27.7 Å². The average molecular weight is 255 g/mol. The van der Waals surface area contributed by atoms with Crippen LogP contribution in [0.15, 0.2) is 29.0 Å². The van der Waals surface area contributed by atoms with Gasteiger partial charge in [0, 0.05) is 0 Å². The van der Waals surface area contributed by atoms with E-state index in [0.717, 1.165) is 0 Å². The zero-order valence-corrected chi connectivity index (χ0v) is 9.22. The molecule has 0 aliphatic heterocycles. The third kappa shape index (κ3) is 2.73. The zero-order chi connectivity index (χ0) is 12.3. The summed E-state index contributed by atoms with van der Waals surface area (Å²) in [7, 11) is 0. The van der Waals surface area contributed by atoms with Crippen molar-refractivity contribution in [2.45, 2.75) is 0 Å². The van der Waals surface area contributed by atoms with Crippen LogP contribution in [0.4, 0.5) is 0 Å². The van der Waals surface area contributed by atoms with E-state index < -0.39 is 12.6 Å². The summed E-state index contributed by atoms with van der Waals surface area (Å²) < 4.78 is 9.97. The molecular weight excluding hydrogens is 248 g/mol. The summed E-state index contributed by atoms with van der Waals surface area (Å²) in [6, 6.07) is 3.09. The van der Waals surface area contributed by atoms with E-state index in [2.05, 4.69) is 9.97 Å². The van der Waals surface area contributed by atoms with Crippen LogP contribution in [0.2, 0.25) is 5.15 Å². The monoisotopic (exact) mass is 254 g/mol. The standard InChI is InChI=1S/C10H7ClN2O4/c11-9-7(17-5-8(14)15)2-1-6(13-9)10-12-3-4-16-10/h1-4H,5H2,(H,14,15). The Morgan fingerprint density at radius 2 is 2.35 bits per heavy atom. The fraction of sp³-hybridized carbons (Fsp3) is 0.100. The average Bonchev–Trinajstić information content (AvgIpc) is 2.80. The maximum Gasteiger partial charge on any atom is 0.341 e. The first-order chi connectivity index (χ1) is 8.16. The number of halogens is 1. The van der Waals surface area contributed by atoms with Gasteiger partial charge in [-0.15, -0.1) is 0 Å². The van der Waals surface area contributed by atoms with Crippen molar-refractivity contribution in [1.82, 2.24) is 9.97 Å². The molecule has 0 amide bonds. The number of pyridine rings is 1. The Morgan fingerprint density at radius 3 is 2.94 bits per heavy atom. The molecule has 0 atom stereocenters. The normalized spacial score (nSPS) is 10.2. The van der Waals surface area contributed by atoms with Crippen molar-refractivity contribution < 1.29 is 19.1 Å². The van der Waals surface area contributed by atoms with Gasteiger partial charge in [0.2, 0.25) is 5.89 Å². The predicted octanol–water partition coefficient (Wildman–Crippen LogP) is 1.85. The van der Waals surface area contributed by atoms with Crippen molar-refractivity contribution >= 4 is 17.6 Å². The highest BCUT2D eigenvalue weighted by Crippen LogP contribution is 2.25. The summed E-state index contributed by atoms with van der Waals surface area (Å²) in [4.78, 5) is 18.2. The largest absolute Gasteiger partial charge is 0.479 e. The van der Waals surface area contributed by atoms with E-state index >= 15 is 0 Å². The molecule has 2 aromatic heterocycles. The van der Waals surface area contributed by atoms with Gasteiger partial charge in [0.1, 0.15) is 12.0 Å². The Morgan fingerprint density at radius 1 is 1.53 bits per heavy atom. The lowest BCUT2D eigenvalue weighted by molar-refractivity contribution is -0.139. The quantitative estimate of drug-likeness (QED) is 0.838. The van der Waals surface area contributed by atoms with Crippen LogP contribution >= 0.6 is 11.6 Å². The number of aliphatic carboxylic acids is 1. The van der Waals surface area contributed by atoms with Gasteiger partial charge in [0.25, 0.3) is 0 Å². The van der Waals surface area contributed by atoms with Crippen LogP contribution in [0.5, 0.6) is 5.75 Å². The third-order valence-corrected chi connectivity index (χ3v) is 2.09. The van der Waals surface area contributed by atoms with Gasteiger partial charge in [0.15, 0.2) is 17.5 Å². The van der Waals surface area contributed by atoms with Gasteiger partial charge >= 0.3 is 5.97 Å². The topological polar surface area (TPSA) is 85.5 Å². The third-order valence-electron chi connectivity index (χ3n) is 1.82. The number of hydrogen-bond donors (Lipinski definition) is 1. The van der Waals surface area contributed by atoms with Crippen LogP contribution in [-0.2, 0) is 4.79 Å². The van der Waals surface area contributed by atoms with Crippen molar-refractivity contribution in [3.8, 4) is 17.3 Å². The number of hydrogen-bond acceptors (Lipinski definition) is 5. The summed E-state index contributed by atoms with van der Waals surface area (Å²) in [6.45, 7) is -0.472. The molecule has 17 heavy (non-hydrogen) atoms. The summed E-state index contributed by atoms with van der Waals surface area (Å²) >= 11 is 5.83. The molecular formula is C10H7ClN2O4. The van der Waals surface area contributed by atoms with Gasteiger partial charge in [-0.25, -0.2) is 14.8 Å². The molecule has 2 aromatic rings. The number of ether oxygens (including phenoxy) is 1. The van der Waals surface area contributed by atoms with E-state index in [-0.39, 0.29) is 10.9 Å². The van der Waals surface area contributed by atoms with Gasteiger partial charge in [-0.2, -0.15) is 0 Å². The van der Waals surface area contributed by atoms with Gasteiger partial charge in [-0.1, -0.05) is 11.6 Å². The molecule has 0 aliphatic carbocycles. The Balaban J connectivity index is 2.20. The molecule has 0 unspecified atom stereocenters. The first-order valence-electron chi connectivity index (χ1n) is 4.58. The molecule has 0 bridgehead atoms. The molecule has 0 saturated heterocycles. The van der Waals surface area contributed by atoms with Crippen molar-refractivity contribution in [2.24, 2.45) is 0 Å². The molecule has 0 aliphatic rings. The summed E-state index contributed by atoms with van der Waals surface area (Å²) in [6.07, 6.45) is 2.90. The minimum atomic E-state index is -1.09. The number of carboxylic acid groups (broad SMARTS) is 1. The molecule has 7 heteroatoms. The minimum absolute atomic E-state index is 0.0574. The predicted molar refractivity (Wildman–Crippen MR) is 57.9 cm³/mol. The highest BCUT2D eigenvalue weighted by Gasteiger charge is 2.10. The lowest BCUT2D eigenvalue weighted by Crippen LogP contribution is -2.09. The summed E-state index contributed by atoms with van der Waals surface area (Å²) in [5, 5.41) is 8.51. The van der Waals surface area contributed by atoms with Gasteiger partial charge in [-0.05, 0) is 12.1 Å². The van der Waals surface area contributed by atoms with Crippen molar-refractivity contribution in [3.05, 3.63) is 29.7 Å². The van der Waals surface area contributed by atoms with Gasteiger partial charge < -0.3 is 14.3 Å². The van der Waals surface area contributed by atoms with Crippen LogP contribution in [0.25, 0.3) is 11.6 Å². The van der Waals surface area contributed by atoms with Crippen LogP contribution in [0.1, 0.15) is 0 Å². The lowest BCUT2D eigenvalue weighted by Gasteiger charge is -2.05. The van der Waals surface area contributed by atoms with Crippen molar-refractivity contribution in [2.75, 3.05) is 6.61 Å². The van der Waals surface area contributed by atoms with E-state index in [1.807, 2.05) is 0 Å². The number of aromatic nitrogens is 2. The fourth-order valence-electron chi connectivity index (χ4n) is 1.14. The molecule has 88 valence electrons. The number of carboxylic acids is 1. The van der Waals surface area contributed by atoms with E-state index in [9.17, 15) is 4.79 Å². The Bertz CT molecular complexity index is 527. The second-order valence-electron chi connectivity index (χ2n) is 3.01. The molecule has 1 N–H and O–H groups in total. The molecule has 6 nitrogen and oxygen atoms in total. The summed E-state index contributed by atoms with van der Waals surface area (Å²) in [5.74, 6) is -0.557. The number of rotatable bonds is 4. The smallest absolute Gasteiger partial charge is 0.341 e. The molecule has 0 aromatic carbocycles. The van der Waals surface area contributed by atoms with Gasteiger partial charge in [0.05, 0.1) is 6.20 Å². The Hall–Kier alpha value is -2.08. The Kier molecular flexibility index (Phi) is 3.24. The maximum atomic E-state index is 10.3. The Labute approximate surface area is 101 Å². The fourth-order valence-corrected chi connectivity index (χ4v) is 1.35. The first kappa shape index (κ1) is 11.4. The first-order valence-corrected chi connectivity index (χ1v) is 4.95. The van der Waals surface area contributed by atoms with Crippen molar-refractivity contribution in [1.29, 1.82) is 0 Å². The van der Waals surface area contributed by atoms with Crippen LogP contribution in [0, 0.1) is 0 Å². The molecule has 2 heterocycles. The number of carbonyl (C=O) groups is 1. The van der Waals surface area contributed by atoms with Crippen LogP contribution in [0.3, 0.4) is 0 Å². The number of oxazole rings is 1. The summed E-state index contributed by atoms with van der Waals surface area (Å²) in [5.41, 5.74) is 0.447. The maximum absolute atomic E-state index is 10.3. The molecule has 0 saturated carbocycles. The SMILES string of the molecule is O=C(O)COc1ccc(-c2ncco2)nc1Cl. The second-order valence-corrected chi connectivity index (χ2v) is 3.36. The molecule has 0 spiro atoms. The van der Waals surface area contributed by atoms with Gasteiger partial charge in [-0.3, -0.25) is 0 Å². The van der Waals surface area contributed by atoms with E-state index in [1.54, 1.807) is 6.07 Å². The van der Waals surface area contributed by atoms with Crippen molar-refractivity contribution in [3.63, 3.8) is 0 Å². The van der Waals surface area contributed by atoms with Crippen LogP contribution < -0.4 is 4.74 Å². The highest BCUT2D eigenvalue weighted by molar-refractivity contribution is 6.30.